The van der Waals surface area contributed by atoms with Crippen molar-refractivity contribution in [2.75, 3.05) is 6.61 Å². The first-order valence-corrected chi connectivity index (χ1v) is 5.25. The molecule has 0 radical (unpaired) electrons. The smallest absolute Gasteiger partial charge is 0.192 e. The van der Waals surface area contributed by atoms with Gasteiger partial charge in [0.2, 0.25) is 0 Å². The standard InChI is InChI=1S/C12H14F2N2O/c1-8(2)16-7-9-5-10(13)12(11(14)6-9)17-4-3-15/h5-6,8,16H,4,7H2,1-2H3. The van der Waals surface area contributed by atoms with E-state index in [4.69, 9.17) is 5.26 Å². The minimum atomic E-state index is -0.791. The molecular formula is C12H14F2N2O. The molecule has 0 unspecified atom stereocenters. The molecule has 0 bridgehead atoms. The quantitative estimate of drug-likeness (QED) is 0.859. The van der Waals surface area contributed by atoms with Crippen molar-refractivity contribution in [2.45, 2.75) is 26.4 Å². The van der Waals surface area contributed by atoms with Crippen molar-refractivity contribution < 1.29 is 13.5 Å². The molecule has 1 aromatic rings. The van der Waals surface area contributed by atoms with Crippen molar-refractivity contribution in [3.63, 3.8) is 0 Å². The van der Waals surface area contributed by atoms with Crippen LogP contribution in [0.2, 0.25) is 0 Å². The van der Waals surface area contributed by atoms with Gasteiger partial charge in [-0.1, -0.05) is 13.8 Å². The average Bonchev–Trinajstić information content (AvgIpc) is 2.25. The largest absolute Gasteiger partial charge is 0.473 e. The highest BCUT2D eigenvalue weighted by atomic mass is 19.1. The van der Waals surface area contributed by atoms with E-state index in [1.807, 2.05) is 13.8 Å². The summed E-state index contributed by atoms with van der Waals surface area (Å²) in [6, 6.07) is 4.29. The Labute approximate surface area is 99.0 Å². The number of nitrogens with zero attached hydrogens (tertiary/aromatic N) is 1. The van der Waals surface area contributed by atoms with Gasteiger partial charge < -0.3 is 10.1 Å². The number of hydrogen-bond donors (Lipinski definition) is 1. The van der Waals surface area contributed by atoms with Crippen LogP contribution in [0, 0.1) is 23.0 Å². The third-order valence-electron chi connectivity index (χ3n) is 2.05. The van der Waals surface area contributed by atoms with Crippen LogP contribution in [0.15, 0.2) is 12.1 Å². The van der Waals surface area contributed by atoms with Crippen molar-refractivity contribution >= 4 is 0 Å². The van der Waals surface area contributed by atoms with Gasteiger partial charge in [0.1, 0.15) is 6.07 Å². The molecule has 0 atom stereocenters. The lowest BCUT2D eigenvalue weighted by atomic mass is 10.2. The Hall–Kier alpha value is -1.67. The lowest BCUT2D eigenvalue weighted by molar-refractivity contribution is 0.324. The van der Waals surface area contributed by atoms with Gasteiger partial charge in [-0.05, 0) is 17.7 Å². The Bertz CT molecular complexity index is 404. The predicted octanol–water partition coefficient (Wildman–Crippen LogP) is 2.37. The highest BCUT2D eigenvalue weighted by Gasteiger charge is 2.12. The number of nitrogens with one attached hydrogen (secondary N) is 1. The van der Waals surface area contributed by atoms with E-state index in [1.54, 1.807) is 6.07 Å². The van der Waals surface area contributed by atoms with Crippen molar-refractivity contribution in [2.24, 2.45) is 0 Å². The van der Waals surface area contributed by atoms with E-state index < -0.39 is 17.4 Å². The predicted molar refractivity (Wildman–Crippen MR) is 59.4 cm³/mol. The summed E-state index contributed by atoms with van der Waals surface area (Å²) in [6.45, 7) is 3.88. The Balaban J connectivity index is 2.82. The molecule has 0 amide bonds. The third-order valence-corrected chi connectivity index (χ3v) is 2.05. The molecule has 0 fully saturated rings. The third kappa shape index (κ3) is 4.00. The first-order chi connectivity index (χ1) is 8.04. The van der Waals surface area contributed by atoms with E-state index in [2.05, 4.69) is 10.1 Å². The molecule has 1 N–H and O–H groups in total. The van der Waals surface area contributed by atoms with E-state index in [1.165, 1.54) is 12.1 Å². The molecule has 1 rings (SSSR count). The number of hydrogen-bond acceptors (Lipinski definition) is 3. The minimum Gasteiger partial charge on any atom is -0.473 e. The monoisotopic (exact) mass is 240 g/mol. The molecular weight excluding hydrogens is 226 g/mol. The van der Waals surface area contributed by atoms with Crippen LogP contribution in [-0.2, 0) is 6.54 Å². The Morgan fingerprint density at radius 2 is 1.94 bits per heavy atom. The fourth-order valence-electron chi connectivity index (χ4n) is 1.28. The average molecular weight is 240 g/mol. The van der Waals surface area contributed by atoms with Crippen molar-refractivity contribution in [3.8, 4) is 11.8 Å². The minimum absolute atomic E-state index is 0.232. The lowest BCUT2D eigenvalue weighted by Gasteiger charge is -2.10. The van der Waals surface area contributed by atoms with Gasteiger partial charge in [-0.25, -0.2) is 8.78 Å². The van der Waals surface area contributed by atoms with Crippen LogP contribution in [0.5, 0.6) is 5.75 Å². The molecule has 5 heteroatoms. The highest BCUT2D eigenvalue weighted by Crippen LogP contribution is 2.23. The van der Waals surface area contributed by atoms with E-state index >= 15 is 0 Å². The Morgan fingerprint density at radius 3 is 2.41 bits per heavy atom. The summed E-state index contributed by atoms with van der Waals surface area (Å²) in [5.41, 5.74) is 0.498. The van der Waals surface area contributed by atoms with Crippen LogP contribution in [0.1, 0.15) is 19.4 Å². The summed E-state index contributed by atoms with van der Waals surface area (Å²) in [5.74, 6) is -2.08. The maximum Gasteiger partial charge on any atom is 0.192 e. The molecule has 17 heavy (non-hydrogen) atoms. The maximum atomic E-state index is 13.5. The van der Waals surface area contributed by atoms with Gasteiger partial charge in [-0.15, -0.1) is 0 Å². The normalized spacial score (nSPS) is 10.4. The van der Waals surface area contributed by atoms with Gasteiger partial charge in [0.05, 0.1) is 0 Å². The zero-order valence-corrected chi connectivity index (χ0v) is 9.76. The number of benzene rings is 1. The van der Waals surface area contributed by atoms with Crippen LogP contribution in [0.4, 0.5) is 8.78 Å². The number of nitriles is 1. The van der Waals surface area contributed by atoms with E-state index in [0.29, 0.717) is 12.1 Å². The summed E-state index contributed by atoms with van der Waals surface area (Å²) >= 11 is 0. The second-order valence-electron chi connectivity index (χ2n) is 3.87. The molecule has 92 valence electrons. The van der Waals surface area contributed by atoms with Gasteiger partial charge >= 0.3 is 0 Å². The van der Waals surface area contributed by atoms with E-state index in [9.17, 15) is 8.78 Å². The van der Waals surface area contributed by atoms with Crippen LogP contribution in [0.3, 0.4) is 0 Å². The van der Waals surface area contributed by atoms with Crippen LogP contribution < -0.4 is 10.1 Å². The molecule has 0 aromatic heterocycles. The molecule has 0 aliphatic carbocycles. The number of halogens is 2. The summed E-state index contributed by atoms with van der Waals surface area (Å²) < 4.78 is 31.6. The molecule has 0 saturated carbocycles. The summed E-state index contributed by atoms with van der Waals surface area (Å²) in [7, 11) is 0. The fourth-order valence-corrected chi connectivity index (χ4v) is 1.28. The highest BCUT2D eigenvalue weighted by molar-refractivity contribution is 5.31. The number of rotatable bonds is 5. The van der Waals surface area contributed by atoms with Crippen molar-refractivity contribution in [1.29, 1.82) is 5.26 Å². The van der Waals surface area contributed by atoms with Crippen LogP contribution >= 0.6 is 0 Å². The van der Waals surface area contributed by atoms with Crippen LogP contribution in [0.25, 0.3) is 0 Å². The SMILES string of the molecule is CC(C)NCc1cc(F)c(OCC#N)c(F)c1. The summed E-state index contributed by atoms with van der Waals surface area (Å²) in [4.78, 5) is 0. The van der Waals surface area contributed by atoms with Gasteiger partial charge in [0.25, 0.3) is 0 Å². The first kappa shape index (κ1) is 13.4. The zero-order valence-electron chi connectivity index (χ0n) is 9.76. The molecule has 1 aromatic carbocycles. The molecule has 0 spiro atoms. The molecule has 0 aliphatic heterocycles. The molecule has 0 saturated heterocycles. The first-order valence-electron chi connectivity index (χ1n) is 5.25. The van der Waals surface area contributed by atoms with E-state index in [-0.39, 0.29) is 12.6 Å². The van der Waals surface area contributed by atoms with Crippen molar-refractivity contribution in [3.05, 3.63) is 29.3 Å². The number of ether oxygens (including phenoxy) is 1. The molecule has 0 aliphatic rings. The topological polar surface area (TPSA) is 45.0 Å². The van der Waals surface area contributed by atoms with E-state index in [0.717, 1.165) is 0 Å². The zero-order chi connectivity index (χ0) is 12.8. The molecule has 0 heterocycles. The van der Waals surface area contributed by atoms with Gasteiger partial charge in [0.15, 0.2) is 24.0 Å². The Kier molecular flexibility index (Phi) is 4.85. The summed E-state index contributed by atoms with van der Waals surface area (Å²) in [6.07, 6.45) is 0. The van der Waals surface area contributed by atoms with Gasteiger partial charge in [0, 0.05) is 12.6 Å². The maximum absolute atomic E-state index is 13.5. The van der Waals surface area contributed by atoms with Gasteiger partial charge in [-0.2, -0.15) is 5.26 Å². The van der Waals surface area contributed by atoms with Crippen LogP contribution in [-0.4, -0.2) is 12.6 Å². The fraction of sp³-hybridized carbons (Fsp3) is 0.417. The second kappa shape index (κ2) is 6.16. The van der Waals surface area contributed by atoms with Crippen molar-refractivity contribution in [1.82, 2.24) is 5.32 Å². The molecule has 3 nitrogen and oxygen atoms in total. The summed E-state index contributed by atoms with van der Waals surface area (Å²) in [5, 5.41) is 11.3. The second-order valence-corrected chi connectivity index (χ2v) is 3.87. The lowest BCUT2D eigenvalue weighted by Crippen LogP contribution is -2.22. The van der Waals surface area contributed by atoms with Gasteiger partial charge in [-0.3, -0.25) is 0 Å². The Morgan fingerprint density at radius 1 is 1.35 bits per heavy atom.